The van der Waals surface area contributed by atoms with Gasteiger partial charge in [0.2, 0.25) is 0 Å². The van der Waals surface area contributed by atoms with Gasteiger partial charge in [-0.2, -0.15) is 0 Å². The molecule has 0 rings (SSSR count). The molecule has 0 aliphatic carbocycles. The maximum atomic E-state index is 10.4. The number of hydrogen-bond donors (Lipinski definition) is 0. The predicted molar refractivity (Wildman–Crippen MR) is 45.6 cm³/mol. The van der Waals surface area contributed by atoms with Crippen LogP contribution in [-0.2, 0) is 9.53 Å². The molecule has 0 bridgehead atoms. The summed E-state index contributed by atoms with van der Waals surface area (Å²) >= 11 is 0. The number of methoxy groups -OCH3 is 1. The summed E-state index contributed by atoms with van der Waals surface area (Å²) < 4.78 is 5.17. The molecule has 0 aliphatic heterocycles. The van der Waals surface area contributed by atoms with Crippen molar-refractivity contribution in [1.29, 1.82) is 0 Å². The molecule has 11 heavy (non-hydrogen) atoms. The average molecular weight is 158 g/mol. The molecule has 0 radical (unpaired) electrons. The fourth-order valence-electron chi connectivity index (χ4n) is 1.09. The Labute approximate surface area is 68.9 Å². The minimum Gasteiger partial charge on any atom is -0.381 e. The first-order valence-corrected chi connectivity index (χ1v) is 4.24. The highest BCUT2D eigenvalue weighted by molar-refractivity contribution is 5.53. The zero-order chi connectivity index (χ0) is 8.69. The summed E-state index contributed by atoms with van der Waals surface area (Å²) in [6.45, 7) is 4.04. The van der Waals surface area contributed by atoms with Crippen LogP contribution in [0.25, 0.3) is 0 Å². The normalized spacial score (nSPS) is 15.9. The Morgan fingerprint density at radius 3 is 2.55 bits per heavy atom. The van der Waals surface area contributed by atoms with Gasteiger partial charge >= 0.3 is 0 Å². The van der Waals surface area contributed by atoms with E-state index >= 15 is 0 Å². The van der Waals surface area contributed by atoms with Gasteiger partial charge in [-0.15, -0.1) is 0 Å². The van der Waals surface area contributed by atoms with Crippen molar-refractivity contribution in [2.75, 3.05) is 7.11 Å². The molecule has 0 aliphatic rings. The van der Waals surface area contributed by atoms with Gasteiger partial charge in [0.05, 0.1) is 6.10 Å². The maximum Gasteiger partial charge on any atom is 0.125 e. The van der Waals surface area contributed by atoms with Crippen molar-refractivity contribution in [1.82, 2.24) is 0 Å². The lowest BCUT2D eigenvalue weighted by Crippen LogP contribution is -2.21. The van der Waals surface area contributed by atoms with E-state index in [2.05, 4.69) is 6.92 Å². The van der Waals surface area contributed by atoms with Crippen molar-refractivity contribution in [2.45, 2.75) is 39.2 Å². The van der Waals surface area contributed by atoms with Crippen molar-refractivity contribution in [2.24, 2.45) is 5.92 Å². The second-order valence-corrected chi connectivity index (χ2v) is 2.91. The number of carbonyl (C=O) groups is 1. The Morgan fingerprint density at radius 2 is 2.18 bits per heavy atom. The Hall–Kier alpha value is -0.370. The van der Waals surface area contributed by atoms with E-state index in [4.69, 9.17) is 4.74 Å². The van der Waals surface area contributed by atoms with Crippen molar-refractivity contribution in [3.63, 3.8) is 0 Å². The van der Waals surface area contributed by atoms with E-state index in [1.54, 1.807) is 7.11 Å². The summed E-state index contributed by atoms with van der Waals surface area (Å²) in [6, 6.07) is 0. The first kappa shape index (κ1) is 10.6. The van der Waals surface area contributed by atoms with Crippen LogP contribution in [0.4, 0.5) is 0 Å². The fraction of sp³-hybridized carbons (Fsp3) is 0.889. The van der Waals surface area contributed by atoms with Crippen LogP contribution in [0, 0.1) is 5.92 Å². The Bertz CT molecular complexity index is 102. The standard InChI is InChI=1S/C9H18O2/c1-4-5-6-9(11-3)8(2)7-10/h7-9H,4-6H2,1-3H3. The minimum absolute atomic E-state index is 0.0338. The molecule has 0 heterocycles. The third kappa shape index (κ3) is 4.14. The molecule has 0 aromatic heterocycles. The summed E-state index contributed by atoms with van der Waals surface area (Å²) in [4.78, 5) is 10.4. The number of unbranched alkanes of at least 4 members (excludes halogenated alkanes) is 1. The van der Waals surface area contributed by atoms with Crippen LogP contribution in [-0.4, -0.2) is 19.5 Å². The summed E-state index contributed by atoms with van der Waals surface area (Å²) in [5, 5.41) is 0. The molecule has 0 aromatic rings. The first-order chi connectivity index (χ1) is 5.26. The van der Waals surface area contributed by atoms with Gasteiger partial charge in [0.25, 0.3) is 0 Å². The van der Waals surface area contributed by atoms with Crippen LogP contribution >= 0.6 is 0 Å². The van der Waals surface area contributed by atoms with E-state index in [-0.39, 0.29) is 12.0 Å². The van der Waals surface area contributed by atoms with Crippen molar-refractivity contribution in [3.8, 4) is 0 Å². The molecule has 2 heteroatoms. The highest BCUT2D eigenvalue weighted by Crippen LogP contribution is 2.11. The zero-order valence-electron chi connectivity index (χ0n) is 7.67. The Morgan fingerprint density at radius 1 is 1.55 bits per heavy atom. The van der Waals surface area contributed by atoms with E-state index in [0.29, 0.717) is 0 Å². The number of carbonyl (C=O) groups excluding carboxylic acids is 1. The zero-order valence-corrected chi connectivity index (χ0v) is 7.67. The second-order valence-electron chi connectivity index (χ2n) is 2.91. The van der Waals surface area contributed by atoms with Gasteiger partial charge < -0.3 is 9.53 Å². The van der Waals surface area contributed by atoms with Crippen LogP contribution < -0.4 is 0 Å². The van der Waals surface area contributed by atoms with E-state index in [0.717, 1.165) is 25.5 Å². The highest BCUT2D eigenvalue weighted by Gasteiger charge is 2.14. The molecule has 0 N–H and O–H groups in total. The molecule has 0 saturated heterocycles. The Balaban J connectivity index is 3.64. The summed E-state index contributed by atoms with van der Waals surface area (Å²) in [7, 11) is 1.67. The molecule has 0 aromatic carbocycles. The van der Waals surface area contributed by atoms with E-state index in [1.165, 1.54) is 0 Å². The van der Waals surface area contributed by atoms with Crippen LogP contribution in [0.2, 0.25) is 0 Å². The third-order valence-corrected chi connectivity index (χ3v) is 1.95. The molecular formula is C9H18O2. The predicted octanol–water partition coefficient (Wildman–Crippen LogP) is 2.03. The van der Waals surface area contributed by atoms with E-state index in [1.807, 2.05) is 6.92 Å². The molecular weight excluding hydrogens is 140 g/mol. The largest absolute Gasteiger partial charge is 0.381 e. The number of hydrogen-bond acceptors (Lipinski definition) is 2. The molecule has 0 fully saturated rings. The molecule has 66 valence electrons. The second kappa shape index (κ2) is 6.35. The van der Waals surface area contributed by atoms with Crippen molar-refractivity contribution < 1.29 is 9.53 Å². The lowest BCUT2D eigenvalue weighted by atomic mass is 10.0. The van der Waals surface area contributed by atoms with Gasteiger partial charge in [-0.05, 0) is 6.42 Å². The first-order valence-electron chi connectivity index (χ1n) is 4.24. The lowest BCUT2D eigenvalue weighted by Gasteiger charge is -2.17. The summed E-state index contributed by atoms with van der Waals surface area (Å²) in [5.41, 5.74) is 0. The topological polar surface area (TPSA) is 26.3 Å². The third-order valence-electron chi connectivity index (χ3n) is 1.95. The Kier molecular flexibility index (Phi) is 6.13. The van der Waals surface area contributed by atoms with Crippen LogP contribution in [0.1, 0.15) is 33.1 Å². The number of aldehydes is 1. The van der Waals surface area contributed by atoms with Gasteiger partial charge in [0, 0.05) is 13.0 Å². The van der Waals surface area contributed by atoms with Crippen molar-refractivity contribution >= 4 is 6.29 Å². The quantitative estimate of drug-likeness (QED) is 0.553. The number of ether oxygens (including phenoxy) is 1. The molecule has 0 spiro atoms. The molecule has 2 nitrogen and oxygen atoms in total. The summed E-state index contributed by atoms with van der Waals surface area (Å²) in [5.74, 6) is 0.0338. The van der Waals surface area contributed by atoms with Gasteiger partial charge in [-0.1, -0.05) is 26.7 Å². The SMILES string of the molecule is CCCCC(OC)C(C)C=O. The van der Waals surface area contributed by atoms with Crippen LogP contribution in [0.15, 0.2) is 0 Å². The van der Waals surface area contributed by atoms with Gasteiger partial charge in [0.1, 0.15) is 6.29 Å². The van der Waals surface area contributed by atoms with E-state index < -0.39 is 0 Å². The lowest BCUT2D eigenvalue weighted by molar-refractivity contribution is -0.114. The smallest absolute Gasteiger partial charge is 0.125 e. The highest BCUT2D eigenvalue weighted by atomic mass is 16.5. The fourth-order valence-corrected chi connectivity index (χ4v) is 1.09. The monoisotopic (exact) mass is 158 g/mol. The average Bonchev–Trinajstić information content (AvgIpc) is 2.05. The van der Waals surface area contributed by atoms with Crippen molar-refractivity contribution in [3.05, 3.63) is 0 Å². The van der Waals surface area contributed by atoms with Gasteiger partial charge in [-0.3, -0.25) is 0 Å². The van der Waals surface area contributed by atoms with Gasteiger partial charge in [0.15, 0.2) is 0 Å². The summed E-state index contributed by atoms with van der Waals surface area (Å²) in [6.07, 6.45) is 4.37. The van der Waals surface area contributed by atoms with Crippen LogP contribution in [0.3, 0.4) is 0 Å². The number of rotatable bonds is 6. The maximum absolute atomic E-state index is 10.4. The molecule has 2 atom stereocenters. The molecule has 0 saturated carbocycles. The molecule has 2 unspecified atom stereocenters. The van der Waals surface area contributed by atoms with Gasteiger partial charge in [-0.25, -0.2) is 0 Å². The molecule has 0 amide bonds. The van der Waals surface area contributed by atoms with E-state index in [9.17, 15) is 4.79 Å². The van der Waals surface area contributed by atoms with Crippen LogP contribution in [0.5, 0.6) is 0 Å². The minimum atomic E-state index is 0.0338.